The van der Waals surface area contributed by atoms with E-state index in [1.807, 2.05) is 69.3 Å². The van der Waals surface area contributed by atoms with Gasteiger partial charge in [-0.1, -0.05) is 47.7 Å². The molecular formula is C30H35N5O5. The quantitative estimate of drug-likeness (QED) is 0.319. The molecule has 210 valence electrons. The Balaban J connectivity index is 1.87. The minimum absolute atomic E-state index is 0.0814. The molecule has 10 heteroatoms. The van der Waals surface area contributed by atoms with Crippen LogP contribution in [0.1, 0.15) is 37.9 Å². The Labute approximate surface area is 233 Å². The molecule has 2 amide bonds. The summed E-state index contributed by atoms with van der Waals surface area (Å²) in [7, 11) is 4.61. The Bertz CT molecular complexity index is 1490. The van der Waals surface area contributed by atoms with E-state index in [9.17, 15) is 9.59 Å². The smallest absolute Gasteiger partial charge is 0.248 e. The Morgan fingerprint density at radius 2 is 1.57 bits per heavy atom. The fourth-order valence-corrected chi connectivity index (χ4v) is 4.61. The van der Waals surface area contributed by atoms with E-state index in [0.717, 1.165) is 5.56 Å². The van der Waals surface area contributed by atoms with Crippen LogP contribution in [0, 0.1) is 0 Å². The maximum absolute atomic E-state index is 14.2. The van der Waals surface area contributed by atoms with E-state index in [1.165, 1.54) is 23.8 Å². The van der Waals surface area contributed by atoms with Crippen molar-refractivity contribution in [2.75, 3.05) is 21.3 Å². The molecule has 0 aliphatic rings. The van der Waals surface area contributed by atoms with Crippen molar-refractivity contribution in [2.45, 2.75) is 45.4 Å². The van der Waals surface area contributed by atoms with Crippen LogP contribution < -0.4 is 19.5 Å². The summed E-state index contributed by atoms with van der Waals surface area (Å²) in [6.07, 6.45) is 0. The van der Waals surface area contributed by atoms with E-state index in [1.54, 1.807) is 25.3 Å². The van der Waals surface area contributed by atoms with Gasteiger partial charge in [0.05, 0.1) is 33.4 Å². The molecule has 0 unspecified atom stereocenters. The normalized spacial score (nSPS) is 12.1. The van der Waals surface area contributed by atoms with Crippen LogP contribution >= 0.6 is 0 Å². The molecule has 0 aliphatic carbocycles. The van der Waals surface area contributed by atoms with Gasteiger partial charge < -0.3 is 24.4 Å². The van der Waals surface area contributed by atoms with Gasteiger partial charge in [-0.3, -0.25) is 9.59 Å². The molecule has 0 fully saturated rings. The van der Waals surface area contributed by atoms with Crippen molar-refractivity contribution >= 4 is 22.8 Å². The number of ether oxygens (including phenoxy) is 3. The zero-order valence-corrected chi connectivity index (χ0v) is 23.7. The van der Waals surface area contributed by atoms with Crippen molar-refractivity contribution in [1.29, 1.82) is 0 Å². The second-order valence-electron chi connectivity index (χ2n) is 10.3. The van der Waals surface area contributed by atoms with Gasteiger partial charge in [0.2, 0.25) is 11.8 Å². The van der Waals surface area contributed by atoms with Gasteiger partial charge in [-0.15, -0.1) is 5.10 Å². The SMILES string of the molecule is COc1ccccc1CN(C(=O)Cn1nnc2ccccc21)[C@H](C(=O)NC(C)(C)C)c1cccc(OC)c1OC. The molecule has 0 saturated heterocycles. The largest absolute Gasteiger partial charge is 0.496 e. The van der Waals surface area contributed by atoms with E-state index in [2.05, 4.69) is 15.6 Å². The lowest BCUT2D eigenvalue weighted by Crippen LogP contribution is -2.49. The van der Waals surface area contributed by atoms with Gasteiger partial charge in [0.15, 0.2) is 11.5 Å². The highest BCUT2D eigenvalue weighted by atomic mass is 16.5. The Morgan fingerprint density at radius 3 is 2.27 bits per heavy atom. The number of hydrogen-bond acceptors (Lipinski definition) is 7. The zero-order valence-electron chi connectivity index (χ0n) is 23.7. The number of rotatable bonds is 10. The van der Waals surface area contributed by atoms with Crippen LogP contribution in [0.5, 0.6) is 17.2 Å². The predicted octanol–water partition coefficient (Wildman–Crippen LogP) is 4.14. The summed E-state index contributed by atoms with van der Waals surface area (Å²) in [5, 5.41) is 11.4. The fraction of sp³-hybridized carbons (Fsp3) is 0.333. The Morgan fingerprint density at radius 1 is 0.900 bits per heavy atom. The monoisotopic (exact) mass is 545 g/mol. The third-order valence-corrected chi connectivity index (χ3v) is 6.35. The van der Waals surface area contributed by atoms with Gasteiger partial charge in [-0.05, 0) is 45.0 Å². The molecular weight excluding hydrogens is 510 g/mol. The molecule has 0 spiro atoms. The van der Waals surface area contributed by atoms with E-state index < -0.39 is 11.6 Å². The number of para-hydroxylation sites is 3. The van der Waals surface area contributed by atoms with Crippen LogP contribution in [0.4, 0.5) is 0 Å². The number of benzene rings is 3. The number of carbonyl (C=O) groups is 2. The number of aromatic nitrogens is 3. The lowest BCUT2D eigenvalue weighted by molar-refractivity contribution is -0.143. The first-order valence-corrected chi connectivity index (χ1v) is 12.9. The van der Waals surface area contributed by atoms with Crippen molar-refractivity contribution in [3.8, 4) is 17.2 Å². The van der Waals surface area contributed by atoms with Gasteiger partial charge >= 0.3 is 0 Å². The number of nitrogens with one attached hydrogen (secondary N) is 1. The van der Waals surface area contributed by atoms with Crippen LogP contribution in [0.2, 0.25) is 0 Å². The first-order valence-electron chi connectivity index (χ1n) is 12.9. The topological polar surface area (TPSA) is 108 Å². The highest BCUT2D eigenvalue weighted by Crippen LogP contribution is 2.38. The molecule has 3 aromatic carbocycles. The van der Waals surface area contributed by atoms with Crippen molar-refractivity contribution in [3.63, 3.8) is 0 Å². The van der Waals surface area contributed by atoms with Crippen molar-refractivity contribution in [3.05, 3.63) is 77.9 Å². The first kappa shape index (κ1) is 28.4. The average molecular weight is 546 g/mol. The molecule has 4 aromatic rings. The van der Waals surface area contributed by atoms with Gasteiger partial charge in [0.1, 0.15) is 23.9 Å². The van der Waals surface area contributed by atoms with E-state index in [0.29, 0.717) is 33.8 Å². The highest BCUT2D eigenvalue weighted by molar-refractivity contribution is 5.90. The minimum atomic E-state index is -1.07. The summed E-state index contributed by atoms with van der Waals surface area (Å²) in [4.78, 5) is 29.8. The third kappa shape index (κ3) is 6.17. The second-order valence-corrected chi connectivity index (χ2v) is 10.3. The van der Waals surface area contributed by atoms with Crippen LogP contribution in [-0.2, 0) is 22.7 Å². The number of carbonyl (C=O) groups excluding carboxylic acids is 2. The number of amides is 2. The van der Waals surface area contributed by atoms with E-state index >= 15 is 0 Å². The van der Waals surface area contributed by atoms with Gasteiger partial charge in [0.25, 0.3) is 0 Å². The molecule has 1 N–H and O–H groups in total. The predicted molar refractivity (Wildman–Crippen MR) is 151 cm³/mol. The molecule has 0 bridgehead atoms. The molecule has 10 nitrogen and oxygen atoms in total. The fourth-order valence-electron chi connectivity index (χ4n) is 4.61. The molecule has 40 heavy (non-hydrogen) atoms. The lowest BCUT2D eigenvalue weighted by Gasteiger charge is -2.35. The van der Waals surface area contributed by atoms with Crippen molar-refractivity contribution in [1.82, 2.24) is 25.2 Å². The summed E-state index contributed by atoms with van der Waals surface area (Å²) in [5.41, 5.74) is 2.03. The van der Waals surface area contributed by atoms with Gasteiger partial charge in [-0.2, -0.15) is 0 Å². The van der Waals surface area contributed by atoms with E-state index in [-0.39, 0.29) is 24.9 Å². The zero-order chi connectivity index (χ0) is 28.9. The third-order valence-electron chi connectivity index (χ3n) is 6.35. The molecule has 0 saturated carbocycles. The van der Waals surface area contributed by atoms with Crippen LogP contribution in [0.25, 0.3) is 11.0 Å². The molecule has 1 atom stereocenters. The Kier molecular flexibility index (Phi) is 8.57. The molecule has 0 radical (unpaired) electrons. The van der Waals surface area contributed by atoms with Crippen LogP contribution in [0.15, 0.2) is 66.7 Å². The van der Waals surface area contributed by atoms with Crippen LogP contribution in [0.3, 0.4) is 0 Å². The van der Waals surface area contributed by atoms with Crippen LogP contribution in [-0.4, -0.2) is 58.6 Å². The first-order chi connectivity index (χ1) is 19.2. The summed E-state index contributed by atoms with van der Waals surface area (Å²) < 4.78 is 18.4. The summed E-state index contributed by atoms with van der Waals surface area (Å²) in [6, 6.07) is 19.0. The molecule has 1 heterocycles. The average Bonchev–Trinajstić information content (AvgIpc) is 3.34. The standard InChI is InChI=1S/C30H35N5O5/c1-30(2,3)31-29(37)27(21-13-11-17-25(39-5)28(21)40-6)34(18-20-12-7-10-16-24(20)38-4)26(36)19-35-23-15-9-8-14-22(23)32-33-35/h7-17,27H,18-19H2,1-6H3,(H,31,37)/t27-/m0/s1. The highest BCUT2D eigenvalue weighted by Gasteiger charge is 2.36. The molecule has 4 rings (SSSR count). The lowest BCUT2D eigenvalue weighted by atomic mass is 9.99. The van der Waals surface area contributed by atoms with Crippen molar-refractivity contribution < 1.29 is 23.8 Å². The molecule has 1 aromatic heterocycles. The summed E-state index contributed by atoms with van der Waals surface area (Å²) in [5.74, 6) is 0.689. The summed E-state index contributed by atoms with van der Waals surface area (Å²) >= 11 is 0. The van der Waals surface area contributed by atoms with Gasteiger partial charge in [0, 0.05) is 16.7 Å². The summed E-state index contributed by atoms with van der Waals surface area (Å²) in [6.45, 7) is 5.61. The Hall–Kier alpha value is -4.60. The maximum atomic E-state index is 14.2. The van der Waals surface area contributed by atoms with Crippen molar-refractivity contribution in [2.24, 2.45) is 0 Å². The minimum Gasteiger partial charge on any atom is -0.496 e. The van der Waals surface area contributed by atoms with E-state index in [4.69, 9.17) is 14.2 Å². The maximum Gasteiger partial charge on any atom is 0.248 e. The number of hydrogen-bond donors (Lipinski definition) is 1. The van der Waals surface area contributed by atoms with Gasteiger partial charge in [-0.25, -0.2) is 4.68 Å². The number of nitrogens with zero attached hydrogens (tertiary/aromatic N) is 4. The molecule has 0 aliphatic heterocycles. The number of methoxy groups -OCH3 is 3. The second kappa shape index (κ2) is 12.1. The number of fused-ring (bicyclic) bond motifs is 1.